The molecule has 2 aromatic carbocycles. The standard InChI is InChI=1S/C26H34N10O3/c27-11-19-9-17(30)14-36(19)26-33-24(32-25(34-26)35-12-15(28)8-16(29)13-35)31-18-6-7-21(22(37)10-18)23(38)39-20-4-2-1-3-5-20/h1-7,10,15-17,19,37H,8-9,11-14,27-30H2,(H,31,32,33,34)/t15-,16+,17-,19-/m0/s1. The summed E-state index contributed by atoms with van der Waals surface area (Å²) in [6.07, 6.45) is 1.45. The Morgan fingerprint density at radius 1 is 0.949 bits per heavy atom. The average Bonchev–Trinajstić information content (AvgIpc) is 3.29. The Labute approximate surface area is 226 Å². The number of hydrogen-bond acceptors (Lipinski definition) is 13. The van der Waals surface area contributed by atoms with E-state index in [1.807, 2.05) is 15.9 Å². The molecule has 13 heteroatoms. The maximum Gasteiger partial charge on any atom is 0.347 e. The van der Waals surface area contributed by atoms with Gasteiger partial charge in [0.2, 0.25) is 17.8 Å². The molecule has 0 aliphatic carbocycles. The van der Waals surface area contributed by atoms with Crippen molar-refractivity contribution in [1.29, 1.82) is 0 Å². The smallest absolute Gasteiger partial charge is 0.347 e. The number of nitrogens with one attached hydrogen (secondary N) is 1. The van der Waals surface area contributed by atoms with Crippen LogP contribution in [-0.2, 0) is 0 Å². The van der Waals surface area contributed by atoms with Gasteiger partial charge >= 0.3 is 5.97 Å². The number of phenols is 1. The topological polar surface area (TPSA) is 208 Å². The Hall–Kier alpha value is -4.04. The highest BCUT2D eigenvalue weighted by Gasteiger charge is 2.33. The van der Waals surface area contributed by atoms with Crippen LogP contribution in [0.2, 0.25) is 0 Å². The molecule has 2 saturated heterocycles. The number of nitrogens with two attached hydrogens (primary N) is 4. The molecule has 2 aliphatic rings. The molecule has 1 aromatic heterocycles. The number of ether oxygens (including phenoxy) is 1. The van der Waals surface area contributed by atoms with Gasteiger partial charge in [0.1, 0.15) is 17.1 Å². The summed E-state index contributed by atoms with van der Waals surface area (Å²) in [6.45, 7) is 2.07. The highest BCUT2D eigenvalue weighted by Crippen LogP contribution is 2.29. The van der Waals surface area contributed by atoms with Crippen molar-refractivity contribution in [2.75, 3.05) is 41.3 Å². The lowest BCUT2D eigenvalue weighted by Gasteiger charge is -2.35. The van der Waals surface area contributed by atoms with E-state index in [1.165, 1.54) is 12.1 Å². The van der Waals surface area contributed by atoms with Crippen LogP contribution in [0, 0.1) is 0 Å². The third-order valence-electron chi connectivity index (χ3n) is 6.81. The van der Waals surface area contributed by atoms with E-state index in [0.717, 1.165) is 6.42 Å². The molecule has 13 nitrogen and oxygen atoms in total. The number of nitrogens with zero attached hydrogens (tertiary/aromatic N) is 5. The van der Waals surface area contributed by atoms with E-state index >= 15 is 0 Å². The quantitative estimate of drug-likeness (QED) is 0.178. The average molecular weight is 535 g/mol. The van der Waals surface area contributed by atoms with Crippen LogP contribution in [0.25, 0.3) is 0 Å². The fraction of sp³-hybridized carbons (Fsp3) is 0.385. The van der Waals surface area contributed by atoms with E-state index in [9.17, 15) is 9.90 Å². The van der Waals surface area contributed by atoms with Gasteiger partial charge < -0.3 is 47.9 Å². The highest BCUT2D eigenvalue weighted by molar-refractivity contribution is 5.94. The third kappa shape index (κ3) is 6.17. The molecule has 4 atom stereocenters. The van der Waals surface area contributed by atoms with Crippen molar-refractivity contribution in [3.63, 3.8) is 0 Å². The number of esters is 1. The zero-order valence-electron chi connectivity index (χ0n) is 21.5. The predicted molar refractivity (Wildman–Crippen MR) is 148 cm³/mol. The zero-order chi connectivity index (χ0) is 27.5. The Bertz CT molecular complexity index is 1300. The lowest BCUT2D eigenvalue weighted by molar-refractivity contribution is 0.0731. The zero-order valence-corrected chi connectivity index (χ0v) is 21.5. The van der Waals surface area contributed by atoms with E-state index in [2.05, 4.69) is 15.3 Å². The summed E-state index contributed by atoms with van der Waals surface area (Å²) in [4.78, 5) is 30.5. The lowest BCUT2D eigenvalue weighted by atomic mass is 10.0. The van der Waals surface area contributed by atoms with Crippen LogP contribution < -0.4 is 42.8 Å². The molecule has 39 heavy (non-hydrogen) atoms. The maximum atomic E-state index is 12.6. The summed E-state index contributed by atoms with van der Waals surface area (Å²) in [5, 5.41) is 13.7. The minimum absolute atomic E-state index is 0.00655. The number of phenolic OH excluding ortho intramolecular Hbond substituents is 1. The first kappa shape index (κ1) is 26.6. The van der Waals surface area contributed by atoms with Gasteiger partial charge in [-0.25, -0.2) is 4.79 Å². The third-order valence-corrected chi connectivity index (χ3v) is 6.81. The Morgan fingerprint density at radius 3 is 2.33 bits per heavy atom. The molecule has 2 aliphatic heterocycles. The first-order valence-corrected chi connectivity index (χ1v) is 12.9. The molecule has 0 amide bonds. The Morgan fingerprint density at radius 2 is 1.64 bits per heavy atom. The van der Waals surface area contributed by atoms with Crippen molar-refractivity contribution in [2.45, 2.75) is 37.0 Å². The van der Waals surface area contributed by atoms with Gasteiger partial charge in [0.25, 0.3) is 0 Å². The number of piperidine rings is 1. The Kier molecular flexibility index (Phi) is 7.74. The van der Waals surface area contributed by atoms with Crippen LogP contribution in [0.5, 0.6) is 11.5 Å². The summed E-state index contributed by atoms with van der Waals surface area (Å²) in [7, 11) is 0. The summed E-state index contributed by atoms with van der Waals surface area (Å²) in [5.74, 6) is 0.562. The second-order valence-corrected chi connectivity index (χ2v) is 10.0. The van der Waals surface area contributed by atoms with Crippen molar-refractivity contribution in [3.05, 3.63) is 54.1 Å². The van der Waals surface area contributed by atoms with E-state index in [0.29, 0.717) is 55.9 Å². The first-order valence-electron chi connectivity index (χ1n) is 12.9. The van der Waals surface area contributed by atoms with Crippen LogP contribution in [0.3, 0.4) is 0 Å². The summed E-state index contributed by atoms with van der Waals surface area (Å²) in [6, 6.07) is 12.9. The van der Waals surface area contributed by atoms with Gasteiger partial charge in [-0.2, -0.15) is 15.0 Å². The monoisotopic (exact) mass is 534 g/mol. The molecule has 0 saturated carbocycles. The van der Waals surface area contributed by atoms with Crippen LogP contribution in [0.4, 0.5) is 23.5 Å². The van der Waals surface area contributed by atoms with Crippen LogP contribution in [0.1, 0.15) is 23.2 Å². The largest absolute Gasteiger partial charge is 0.507 e. The van der Waals surface area contributed by atoms with Gasteiger partial charge in [-0.1, -0.05) is 18.2 Å². The van der Waals surface area contributed by atoms with Gasteiger partial charge in [0.05, 0.1) is 0 Å². The number of carbonyl (C=O) groups is 1. The number of carbonyl (C=O) groups excluding carboxylic acids is 1. The normalized spacial score (nSPS) is 23.1. The van der Waals surface area contributed by atoms with Crippen molar-refractivity contribution >= 4 is 29.5 Å². The molecule has 10 N–H and O–H groups in total. The SMILES string of the molecule is NC[C@@H]1C[C@H](N)CN1c1nc(Nc2ccc(C(=O)Oc3ccccc3)c(O)c2)nc(N2C[C@H](N)C[C@H](N)C2)n1. The predicted octanol–water partition coefficient (Wildman–Crippen LogP) is 0.269. The molecule has 206 valence electrons. The van der Waals surface area contributed by atoms with Crippen molar-refractivity contribution < 1.29 is 14.6 Å². The van der Waals surface area contributed by atoms with E-state index in [1.54, 1.807) is 30.3 Å². The second-order valence-electron chi connectivity index (χ2n) is 10.0. The molecule has 5 rings (SSSR count). The maximum absolute atomic E-state index is 12.6. The van der Waals surface area contributed by atoms with Crippen molar-refractivity contribution in [1.82, 2.24) is 15.0 Å². The number of para-hydroxylation sites is 1. The minimum atomic E-state index is -0.675. The van der Waals surface area contributed by atoms with Gasteiger partial charge in [0, 0.05) is 62.1 Å². The molecule has 0 unspecified atom stereocenters. The van der Waals surface area contributed by atoms with Crippen LogP contribution in [-0.4, -0.2) is 76.4 Å². The second kappa shape index (κ2) is 11.4. The fourth-order valence-corrected chi connectivity index (χ4v) is 5.00. The molecular weight excluding hydrogens is 500 g/mol. The molecule has 0 bridgehead atoms. The van der Waals surface area contributed by atoms with Gasteiger partial charge in [0.15, 0.2) is 0 Å². The van der Waals surface area contributed by atoms with Gasteiger partial charge in [-0.05, 0) is 37.1 Å². The van der Waals surface area contributed by atoms with Gasteiger partial charge in [-0.15, -0.1) is 0 Å². The number of rotatable bonds is 7. The van der Waals surface area contributed by atoms with Crippen molar-refractivity contribution in [2.24, 2.45) is 22.9 Å². The van der Waals surface area contributed by atoms with E-state index < -0.39 is 5.97 Å². The molecule has 2 fully saturated rings. The number of hydrogen-bond donors (Lipinski definition) is 6. The molecule has 0 spiro atoms. The minimum Gasteiger partial charge on any atom is -0.507 e. The summed E-state index contributed by atoms with van der Waals surface area (Å²) >= 11 is 0. The number of anilines is 4. The summed E-state index contributed by atoms with van der Waals surface area (Å²) < 4.78 is 5.34. The van der Waals surface area contributed by atoms with E-state index in [4.69, 9.17) is 32.7 Å². The highest BCUT2D eigenvalue weighted by atomic mass is 16.5. The van der Waals surface area contributed by atoms with Gasteiger partial charge in [-0.3, -0.25) is 0 Å². The summed E-state index contributed by atoms with van der Waals surface area (Å²) in [5.41, 5.74) is 25.2. The molecule has 0 radical (unpaired) electrons. The molecule has 3 heterocycles. The number of aromatic nitrogens is 3. The first-order chi connectivity index (χ1) is 18.8. The molecule has 3 aromatic rings. The van der Waals surface area contributed by atoms with E-state index in [-0.39, 0.29) is 41.4 Å². The van der Waals surface area contributed by atoms with Crippen LogP contribution in [0.15, 0.2) is 48.5 Å². The Balaban J connectivity index is 1.42. The fourth-order valence-electron chi connectivity index (χ4n) is 5.00. The van der Waals surface area contributed by atoms with Crippen LogP contribution >= 0.6 is 0 Å². The number of benzene rings is 2. The number of aromatic hydroxyl groups is 1. The van der Waals surface area contributed by atoms with Crippen molar-refractivity contribution in [3.8, 4) is 11.5 Å². The molecular formula is C26H34N10O3. The lowest BCUT2D eigenvalue weighted by Crippen LogP contribution is -2.53.